The van der Waals surface area contributed by atoms with Gasteiger partial charge in [-0.15, -0.1) is 0 Å². The van der Waals surface area contributed by atoms with E-state index in [4.69, 9.17) is 9.47 Å². The Hall–Kier alpha value is -1.06. The van der Waals surface area contributed by atoms with Crippen LogP contribution in [-0.2, 0) is 19.1 Å². The van der Waals surface area contributed by atoms with Gasteiger partial charge in [-0.05, 0) is 12.8 Å². The number of unbranched alkanes of at least 4 members (excludes halogenated alkanes) is 24. The van der Waals surface area contributed by atoms with Crippen molar-refractivity contribution in [1.82, 2.24) is 0 Å². The summed E-state index contributed by atoms with van der Waals surface area (Å²) in [5.41, 5.74) is 0. The highest BCUT2D eigenvalue weighted by atomic mass is 16.7. The molecular weight excluding hydrogens is 460 g/mol. The maximum absolute atomic E-state index is 11.8. The van der Waals surface area contributed by atoms with Gasteiger partial charge in [0.25, 0.3) is 0 Å². The first-order valence-corrected chi connectivity index (χ1v) is 16.5. The lowest BCUT2D eigenvalue weighted by atomic mass is 10.0. The van der Waals surface area contributed by atoms with E-state index in [-0.39, 0.29) is 18.7 Å². The molecule has 0 radical (unpaired) electrons. The van der Waals surface area contributed by atoms with Crippen molar-refractivity contribution in [2.45, 2.75) is 194 Å². The standard InChI is InChI=1S/C33H64O4/c1-3-5-7-9-11-13-15-17-19-21-23-25-27-29-32(34)36-31-37-33(35)30-28-26-24-22-20-18-16-14-12-10-8-6-4-2/h3-31H2,1-2H3. The molecule has 0 N–H and O–H groups in total. The first-order valence-electron chi connectivity index (χ1n) is 16.5. The third-order valence-electron chi connectivity index (χ3n) is 7.41. The normalized spacial score (nSPS) is 11.1. The molecule has 0 aromatic carbocycles. The molecule has 0 fully saturated rings. The van der Waals surface area contributed by atoms with Crippen LogP contribution in [-0.4, -0.2) is 18.7 Å². The minimum absolute atomic E-state index is 0.228. The van der Waals surface area contributed by atoms with E-state index in [0.29, 0.717) is 12.8 Å². The average Bonchev–Trinajstić information content (AvgIpc) is 2.89. The number of hydrogen-bond acceptors (Lipinski definition) is 4. The molecule has 0 rings (SSSR count). The van der Waals surface area contributed by atoms with Crippen LogP contribution in [0, 0.1) is 0 Å². The van der Waals surface area contributed by atoms with Gasteiger partial charge < -0.3 is 9.47 Å². The Labute approximate surface area is 231 Å². The molecule has 0 aromatic heterocycles. The summed E-state index contributed by atoms with van der Waals surface area (Å²) in [6.07, 6.45) is 34.3. The molecule has 0 amide bonds. The lowest BCUT2D eigenvalue weighted by molar-refractivity contribution is -0.167. The van der Waals surface area contributed by atoms with E-state index in [1.165, 1.54) is 141 Å². The molecule has 220 valence electrons. The highest BCUT2D eigenvalue weighted by molar-refractivity contribution is 5.70. The van der Waals surface area contributed by atoms with Crippen LogP contribution < -0.4 is 0 Å². The largest absolute Gasteiger partial charge is 0.428 e. The molecule has 4 nitrogen and oxygen atoms in total. The predicted octanol–water partition coefficient (Wildman–Crippen LogP) is 11.0. The van der Waals surface area contributed by atoms with E-state index in [1.807, 2.05) is 0 Å². The molecule has 0 unspecified atom stereocenters. The van der Waals surface area contributed by atoms with E-state index in [2.05, 4.69) is 13.8 Å². The first-order chi connectivity index (χ1) is 18.2. The zero-order chi connectivity index (χ0) is 27.1. The summed E-state index contributed by atoms with van der Waals surface area (Å²) in [6.45, 7) is 4.30. The van der Waals surface area contributed by atoms with Gasteiger partial charge in [0.05, 0.1) is 0 Å². The monoisotopic (exact) mass is 524 g/mol. The molecule has 0 aliphatic rings. The lowest BCUT2D eigenvalue weighted by Gasteiger charge is -2.07. The van der Waals surface area contributed by atoms with Crippen LogP contribution in [0.1, 0.15) is 194 Å². The van der Waals surface area contributed by atoms with Crippen molar-refractivity contribution in [2.24, 2.45) is 0 Å². The summed E-state index contributed by atoms with van der Waals surface area (Å²) in [4.78, 5) is 23.6. The van der Waals surface area contributed by atoms with Crippen molar-refractivity contribution in [3.63, 3.8) is 0 Å². The van der Waals surface area contributed by atoms with Gasteiger partial charge in [-0.1, -0.05) is 168 Å². The fourth-order valence-electron chi connectivity index (χ4n) is 4.88. The smallest absolute Gasteiger partial charge is 0.308 e. The van der Waals surface area contributed by atoms with E-state index in [0.717, 1.165) is 25.7 Å². The summed E-state index contributed by atoms with van der Waals surface area (Å²) in [5, 5.41) is 0. The summed E-state index contributed by atoms with van der Waals surface area (Å²) in [6, 6.07) is 0. The predicted molar refractivity (Wildman–Crippen MR) is 158 cm³/mol. The van der Waals surface area contributed by atoms with Crippen LogP contribution >= 0.6 is 0 Å². The van der Waals surface area contributed by atoms with Crippen molar-refractivity contribution >= 4 is 11.9 Å². The number of esters is 2. The fourth-order valence-corrected chi connectivity index (χ4v) is 4.88. The van der Waals surface area contributed by atoms with Crippen LogP contribution in [0.25, 0.3) is 0 Å². The molecule has 0 saturated carbocycles. The van der Waals surface area contributed by atoms with E-state index in [9.17, 15) is 9.59 Å². The van der Waals surface area contributed by atoms with Gasteiger partial charge in [0.1, 0.15) is 0 Å². The Morgan fingerprint density at radius 1 is 0.351 bits per heavy atom. The summed E-state index contributed by atoms with van der Waals surface area (Å²) < 4.78 is 10.1. The van der Waals surface area contributed by atoms with E-state index < -0.39 is 0 Å². The average molecular weight is 525 g/mol. The van der Waals surface area contributed by atoms with Gasteiger partial charge in [0, 0.05) is 12.8 Å². The summed E-state index contributed by atoms with van der Waals surface area (Å²) in [7, 11) is 0. The quantitative estimate of drug-likeness (QED) is 0.0532. The highest BCUT2D eigenvalue weighted by Gasteiger charge is 2.06. The number of rotatable bonds is 30. The molecule has 0 aliphatic heterocycles. The van der Waals surface area contributed by atoms with Crippen LogP contribution in [0.4, 0.5) is 0 Å². The number of ether oxygens (including phenoxy) is 2. The zero-order valence-corrected chi connectivity index (χ0v) is 25.1. The third kappa shape index (κ3) is 31.1. The Morgan fingerprint density at radius 3 is 0.811 bits per heavy atom. The van der Waals surface area contributed by atoms with Crippen molar-refractivity contribution in [3.05, 3.63) is 0 Å². The molecule has 0 atom stereocenters. The molecule has 0 saturated heterocycles. The van der Waals surface area contributed by atoms with Gasteiger partial charge in [-0.3, -0.25) is 9.59 Å². The third-order valence-corrected chi connectivity index (χ3v) is 7.41. The van der Waals surface area contributed by atoms with E-state index in [1.54, 1.807) is 0 Å². The zero-order valence-electron chi connectivity index (χ0n) is 25.1. The minimum Gasteiger partial charge on any atom is -0.428 e. The van der Waals surface area contributed by atoms with Crippen LogP contribution in [0.5, 0.6) is 0 Å². The van der Waals surface area contributed by atoms with E-state index >= 15 is 0 Å². The van der Waals surface area contributed by atoms with Crippen LogP contribution in [0.15, 0.2) is 0 Å². The SMILES string of the molecule is CCCCCCCCCCCCCCCC(=O)OCOC(=O)CCCCCCCCCCCCCCC. The van der Waals surface area contributed by atoms with Crippen molar-refractivity contribution in [1.29, 1.82) is 0 Å². The molecule has 0 aromatic rings. The Bertz CT molecular complexity index is 435. The van der Waals surface area contributed by atoms with Crippen LogP contribution in [0.3, 0.4) is 0 Å². The summed E-state index contributed by atoms with van der Waals surface area (Å²) >= 11 is 0. The second kappa shape index (κ2) is 31.2. The highest BCUT2D eigenvalue weighted by Crippen LogP contribution is 2.14. The Balaban J connectivity index is 3.27. The second-order valence-electron chi connectivity index (χ2n) is 11.1. The Kier molecular flexibility index (Phi) is 30.3. The molecule has 0 aliphatic carbocycles. The Morgan fingerprint density at radius 2 is 0.568 bits per heavy atom. The molecular formula is C33H64O4. The summed E-state index contributed by atoms with van der Waals surface area (Å²) in [5.74, 6) is -0.506. The number of carbonyl (C=O) groups is 2. The van der Waals surface area contributed by atoms with Crippen molar-refractivity contribution in [3.8, 4) is 0 Å². The molecule has 0 spiro atoms. The van der Waals surface area contributed by atoms with Gasteiger partial charge in [0.15, 0.2) is 0 Å². The van der Waals surface area contributed by atoms with Gasteiger partial charge in [0.2, 0.25) is 6.79 Å². The molecule has 37 heavy (non-hydrogen) atoms. The topological polar surface area (TPSA) is 52.6 Å². The number of hydrogen-bond donors (Lipinski definition) is 0. The lowest BCUT2D eigenvalue weighted by Crippen LogP contribution is -2.12. The maximum Gasteiger partial charge on any atom is 0.308 e. The minimum atomic E-state index is -0.253. The fraction of sp³-hybridized carbons (Fsp3) is 0.939. The van der Waals surface area contributed by atoms with Gasteiger partial charge in [-0.25, -0.2) is 0 Å². The molecule has 0 heterocycles. The van der Waals surface area contributed by atoms with Gasteiger partial charge >= 0.3 is 11.9 Å². The molecule has 0 bridgehead atoms. The van der Waals surface area contributed by atoms with Crippen molar-refractivity contribution in [2.75, 3.05) is 6.79 Å². The van der Waals surface area contributed by atoms with Crippen molar-refractivity contribution < 1.29 is 19.1 Å². The maximum atomic E-state index is 11.8. The number of carbonyl (C=O) groups excluding carboxylic acids is 2. The van der Waals surface area contributed by atoms with Gasteiger partial charge in [-0.2, -0.15) is 0 Å². The second-order valence-corrected chi connectivity index (χ2v) is 11.1. The van der Waals surface area contributed by atoms with Crippen LogP contribution in [0.2, 0.25) is 0 Å². The molecule has 4 heteroatoms. The first kappa shape index (κ1) is 35.9.